The zero-order valence-electron chi connectivity index (χ0n) is 16.0. The highest BCUT2D eigenvalue weighted by Crippen LogP contribution is 2.35. The minimum atomic E-state index is -0.705. The number of ether oxygens (including phenoxy) is 1. The lowest BCUT2D eigenvalue weighted by Crippen LogP contribution is -2.48. The molecule has 0 aromatic carbocycles. The third-order valence-electron chi connectivity index (χ3n) is 5.86. The predicted octanol–water partition coefficient (Wildman–Crippen LogP) is 1.58. The third-order valence-corrected chi connectivity index (χ3v) is 5.86. The minimum Gasteiger partial charge on any atom is -0.464 e. The first-order valence-corrected chi connectivity index (χ1v) is 10.1. The number of piperidine rings is 1. The number of imide groups is 1. The molecule has 1 spiro atoms. The number of carbonyl (C=O) groups excluding carboxylic acids is 4. The molecular formula is C19H29N3O5. The maximum absolute atomic E-state index is 12.6. The molecule has 4 amide bonds. The number of amides is 4. The Bertz CT molecular complexity index is 614. The van der Waals surface area contributed by atoms with E-state index in [-0.39, 0.29) is 36.8 Å². The SMILES string of the molecule is CCOC(=O)C1CCCCN1C(=O)CCCN1C(=O)NC2(CCCC2)C1=O. The summed E-state index contributed by atoms with van der Waals surface area (Å²) in [5.41, 5.74) is -0.705. The fourth-order valence-corrected chi connectivity index (χ4v) is 4.44. The Hall–Kier alpha value is -2.12. The van der Waals surface area contributed by atoms with E-state index in [0.29, 0.717) is 38.8 Å². The Labute approximate surface area is 159 Å². The van der Waals surface area contributed by atoms with Crippen molar-refractivity contribution in [2.75, 3.05) is 19.7 Å². The number of nitrogens with zero attached hydrogens (tertiary/aromatic N) is 2. The van der Waals surface area contributed by atoms with Gasteiger partial charge in [0.1, 0.15) is 11.6 Å². The van der Waals surface area contributed by atoms with E-state index in [1.54, 1.807) is 11.8 Å². The zero-order valence-corrected chi connectivity index (χ0v) is 16.0. The standard InChI is InChI=1S/C19H29N3O5/c1-2-27-16(24)14-8-3-6-12-21(14)15(23)9-7-13-22-17(25)19(20-18(22)26)10-4-5-11-19/h14H,2-13H2,1H3,(H,20,26). The largest absolute Gasteiger partial charge is 0.464 e. The molecule has 150 valence electrons. The highest BCUT2D eigenvalue weighted by molar-refractivity contribution is 6.07. The van der Waals surface area contributed by atoms with E-state index in [2.05, 4.69) is 5.32 Å². The molecule has 8 heteroatoms. The Kier molecular flexibility index (Phi) is 6.01. The number of nitrogens with one attached hydrogen (secondary N) is 1. The van der Waals surface area contributed by atoms with Crippen LogP contribution >= 0.6 is 0 Å². The van der Waals surface area contributed by atoms with E-state index >= 15 is 0 Å². The topological polar surface area (TPSA) is 96.0 Å². The Morgan fingerprint density at radius 1 is 1.19 bits per heavy atom. The molecule has 0 bridgehead atoms. The average Bonchev–Trinajstić information content (AvgIpc) is 3.22. The number of rotatable bonds is 6. The zero-order chi connectivity index (χ0) is 19.4. The predicted molar refractivity (Wildman–Crippen MR) is 96.7 cm³/mol. The van der Waals surface area contributed by atoms with Crippen molar-refractivity contribution in [2.24, 2.45) is 0 Å². The van der Waals surface area contributed by atoms with Gasteiger partial charge in [0, 0.05) is 19.5 Å². The third kappa shape index (κ3) is 3.94. The Morgan fingerprint density at radius 2 is 1.93 bits per heavy atom. The molecule has 27 heavy (non-hydrogen) atoms. The molecule has 8 nitrogen and oxygen atoms in total. The highest BCUT2D eigenvalue weighted by Gasteiger charge is 2.52. The van der Waals surface area contributed by atoms with Gasteiger partial charge in [-0.1, -0.05) is 12.8 Å². The van der Waals surface area contributed by atoms with E-state index in [1.807, 2.05) is 0 Å². The van der Waals surface area contributed by atoms with Gasteiger partial charge < -0.3 is 15.0 Å². The maximum Gasteiger partial charge on any atom is 0.328 e. The van der Waals surface area contributed by atoms with Crippen molar-refractivity contribution in [1.29, 1.82) is 0 Å². The molecular weight excluding hydrogens is 350 g/mol. The molecule has 3 rings (SSSR count). The van der Waals surface area contributed by atoms with E-state index in [4.69, 9.17) is 4.74 Å². The first kappa shape index (κ1) is 19.6. The van der Waals surface area contributed by atoms with Gasteiger partial charge in [0.15, 0.2) is 0 Å². The summed E-state index contributed by atoms with van der Waals surface area (Å²) in [6.07, 6.45) is 6.30. The summed E-state index contributed by atoms with van der Waals surface area (Å²) in [5, 5.41) is 2.85. The second-order valence-electron chi connectivity index (χ2n) is 7.63. The number of hydrogen-bond acceptors (Lipinski definition) is 5. The van der Waals surface area contributed by atoms with Crippen LogP contribution in [-0.2, 0) is 19.1 Å². The summed E-state index contributed by atoms with van der Waals surface area (Å²) < 4.78 is 5.09. The van der Waals surface area contributed by atoms with Crippen LogP contribution in [0.5, 0.6) is 0 Å². The van der Waals surface area contributed by atoms with Gasteiger partial charge in [-0.2, -0.15) is 0 Å². The van der Waals surface area contributed by atoms with Crippen molar-refractivity contribution in [2.45, 2.75) is 76.3 Å². The Morgan fingerprint density at radius 3 is 2.63 bits per heavy atom. The van der Waals surface area contributed by atoms with Crippen LogP contribution in [0.1, 0.15) is 64.7 Å². The second-order valence-corrected chi connectivity index (χ2v) is 7.63. The summed E-state index contributed by atoms with van der Waals surface area (Å²) in [5.74, 6) is -0.613. The van der Waals surface area contributed by atoms with Crippen molar-refractivity contribution in [3.8, 4) is 0 Å². The molecule has 2 heterocycles. The van der Waals surface area contributed by atoms with E-state index in [1.165, 1.54) is 4.90 Å². The quantitative estimate of drug-likeness (QED) is 0.558. The van der Waals surface area contributed by atoms with Crippen LogP contribution in [0.15, 0.2) is 0 Å². The van der Waals surface area contributed by atoms with Crippen LogP contribution in [0, 0.1) is 0 Å². The lowest BCUT2D eigenvalue weighted by molar-refractivity contribution is -0.156. The molecule has 1 saturated carbocycles. The Balaban J connectivity index is 1.52. The monoisotopic (exact) mass is 379 g/mol. The van der Waals surface area contributed by atoms with Crippen LogP contribution in [0.2, 0.25) is 0 Å². The van der Waals surface area contributed by atoms with Gasteiger partial charge in [-0.3, -0.25) is 14.5 Å². The number of esters is 1. The number of hydrogen-bond donors (Lipinski definition) is 1. The summed E-state index contributed by atoms with van der Waals surface area (Å²) in [4.78, 5) is 52.4. The average molecular weight is 379 g/mol. The van der Waals surface area contributed by atoms with Crippen molar-refractivity contribution in [1.82, 2.24) is 15.1 Å². The van der Waals surface area contributed by atoms with E-state index < -0.39 is 11.6 Å². The number of urea groups is 1. The molecule has 1 N–H and O–H groups in total. The lowest BCUT2D eigenvalue weighted by atomic mass is 9.98. The highest BCUT2D eigenvalue weighted by atomic mass is 16.5. The van der Waals surface area contributed by atoms with Crippen molar-refractivity contribution >= 4 is 23.8 Å². The molecule has 2 saturated heterocycles. The van der Waals surface area contributed by atoms with Gasteiger partial charge in [0.2, 0.25) is 5.91 Å². The van der Waals surface area contributed by atoms with Crippen LogP contribution in [0.3, 0.4) is 0 Å². The molecule has 0 aromatic rings. The minimum absolute atomic E-state index is 0.115. The lowest BCUT2D eigenvalue weighted by Gasteiger charge is -2.34. The van der Waals surface area contributed by atoms with Crippen LogP contribution in [0.4, 0.5) is 4.79 Å². The molecule has 2 aliphatic heterocycles. The summed E-state index contributed by atoms with van der Waals surface area (Å²) in [6.45, 7) is 2.83. The molecule has 3 aliphatic rings. The van der Waals surface area contributed by atoms with Gasteiger partial charge in [-0.15, -0.1) is 0 Å². The van der Waals surface area contributed by atoms with Crippen LogP contribution < -0.4 is 5.32 Å². The summed E-state index contributed by atoms with van der Waals surface area (Å²) in [7, 11) is 0. The normalized spacial score (nSPS) is 24.4. The first-order valence-electron chi connectivity index (χ1n) is 10.1. The molecule has 1 atom stereocenters. The number of carbonyl (C=O) groups is 4. The smallest absolute Gasteiger partial charge is 0.328 e. The van der Waals surface area contributed by atoms with Crippen LogP contribution in [-0.4, -0.2) is 64.9 Å². The fourth-order valence-electron chi connectivity index (χ4n) is 4.44. The fraction of sp³-hybridized carbons (Fsp3) is 0.789. The molecule has 1 aliphatic carbocycles. The molecule has 3 fully saturated rings. The maximum atomic E-state index is 12.6. The van der Waals surface area contributed by atoms with Gasteiger partial charge in [0.25, 0.3) is 5.91 Å². The van der Waals surface area contributed by atoms with E-state index in [9.17, 15) is 19.2 Å². The molecule has 1 unspecified atom stereocenters. The first-order chi connectivity index (χ1) is 13.0. The van der Waals surface area contributed by atoms with Crippen molar-refractivity contribution in [3.63, 3.8) is 0 Å². The molecule has 0 aromatic heterocycles. The summed E-state index contributed by atoms with van der Waals surface area (Å²) >= 11 is 0. The summed E-state index contributed by atoms with van der Waals surface area (Å²) in [6, 6.07) is -0.860. The van der Waals surface area contributed by atoms with Gasteiger partial charge in [-0.05, 0) is 45.4 Å². The van der Waals surface area contributed by atoms with Crippen molar-refractivity contribution in [3.05, 3.63) is 0 Å². The van der Waals surface area contributed by atoms with Crippen LogP contribution in [0.25, 0.3) is 0 Å². The molecule has 0 radical (unpaired) electrons. The van der Waals surface area contributed by atoms with Gasteiger partial charge in [0.05, 0.1) is 6.61 Å². The van der Waals surface area contributed by atoms with Gasteiger partial charge >= 0.3 is 12.0 Å². The van der Waals surface area contributed by atoms with Gasteiger partial charge in [-0.25, -0.2) is 9.59 Å². The second kappa shape index (κ2) is 8.27. The number of likely N-dealkylation sites (tertiary alicyclic amines) is 1. The van der Waals surface area contributed by atoms with E-state index in [0.717, 1.165) is 25.7 Å². The van der Waals surface area contributed by atoms with Crippen molar-refractivity contribution < 1.29 is 23.9 Å².